The molecule has 9 aromatic rings. The van der Waals surface area contributed by atoms with Gasteiger partial charge in [-0.15, -0.1) is 0 Å². The molecule has 372 valence electrons. The predicted octanol–water partition coefficient (Wildman–Crippen LogP) is 3.13. The second-order valence-corrected chi connectivity index (χ2v) is 16.9. The molecule has 0 fully saturated rings. The fourth-order valence-electron chi connectivity index (χ4n) is 7.40. The zero-order valence-corrected chi connectivity index (χ0v) is 40.2. The number of phenolic OH excluding ortho intramolecular Hbond substituents is 2. The van der Waals surface area contributed by atoms with Crippen molar-refractivity contribution in [2.24, 2.45) is 0 Å². The third kappa shape index (κ3) is 12.1. The van der Waals surface area contributed by atoms with Crippen LogP contribution in [0.4, 0.5) is 8.78 Å². The number of carboxylic acids is 1. The first-order chi connectivity index (χ1) is 34.2. The third-order valence-corrected chi connectivity index (χ3v) is 11.1. The number of nitrogens with one attached hydrogen (secondary N) is 5. The summed E-state index contributed by atoms with van der Waals surface area (Å²) >= 11 is 0. The van der Waals surface area contributed by atoms with Crippen LogP contribution in [0, 0.1) is 11.6 Å². The Balaban J connectivity index is 0.000000212. The lowest BCUT2D eigenvalue weighted by molar-refractivity contribution is -0.858. The van der Waals surface area contributed by atoms with Crippen molar-refractivity contribution in [1.29, 1.82) is 0 Å². The van der Waals surface area contributed by atoms with E-state index in [4.69, 9.17) is 14.6 Å². The molecule has 72 heavy (non-hydrogen) atoms. The Morgan fingerprint density at radius 3 is 1.79 bits per heavy atom. The second-order valence-electron chi connectivity index (χ2n) is 16.9. The topological polar surface area (TPSA) is 245 Å². The van der Waals surface area contributed by atoms with Crippen LogP contribution in [0.5, 0.6) is 23.3 Å². The first kappa shape index (κ1) is 51.4. The van der Waals surface area contributed by atoms with Crippen molar-refractivity contribution in [1.82, 2.24) is 50.1 Å². The van der Waals surface area contributed by atoms with Crippen LogP contribution in [0.1, 0.15) is 26.4 Å². The summed E-state index contributed by atoms with van der Waals surface area (Å²) in [7, 11) is 8.00. The van der Waals surface area contributed by atoms with Gasteiger partial charge in [0.2, 0.25) is 11.8 Å². The number of carboxylic acid groups (broad SMARTS) is 1. The molecular weight excluding hydrogens is 952 g/mol. The van der Waals surface area contributed by atoms with E-state index in [1.54, 1.807) is 61.3 Å². The number of fused-ring (bicyclic) bond motifs is 2. The van der Waals surface area contributed by atoms with Crippen molar-refractivity contribution in [2.45, 2.75) is 6.42 Å². The van der Waals surface area contributed by atoms with E-state index in [-0.39, 0.29) is 40.8 Å². The van der Waals surface area contributed by atoms with E-state index in [9.17, 15) is 28.6 Å². The van der Waals surface area contributed by atoms with Gasteiger partial charge >= 0.3 is 5.97 Å². The monoisotopic (exact) mass is 1000 g/mol. The molecule has 0 radical (unpaired) electrons. The molecule has 9 rings (SSSR count). The number of pyridine rings is 2. The minimum atomic E-state index is -1.38. The van der Waals surface area contributed by atoms with Crippen LogP contribution >= 0.6 is 0 Å². The van der Waals surface area contributed by atoms with Gasteiger partial charge in [-0.3, -0.25) is 4.79 Å². The summed E-state index contributed by atoms with van der Waals surface area (Å²) in [5.74, 6) is -1.93. The molecule has 0 saturated carbocycles. The van der Waals surface area contributed by atoms with Crippen LogP contribution in [-0.2, 0) is 6.42 Å². The standard InChI is InChI=1S/C28H28FN7O3.C23H21FN4O4.ClH/c1-36(2)10-11-39-28-19(4-3-8-32-28)17-5-6-25(37)21(12-17)26-34-23-13-20(22(29)14-24(23)35-26)27(38)31-9-7-18-15-30-16-33-18;1-28(2)8-9-32-22-14(4-3-7-25-22)13-5-6-20(29)16(10-13)21-26-18-11-15(23(30)31)17(24)12-19(18)27-21;/h3-6,8,12-16,37H,7,9-11H2,1-2H3,(H,30,33)(H,31,38)(H,34,35);3-7,10-12,29H,8-9H2,1-2H3,(H,26,27)(H,30,31);1H. The smallest absolute Gasteiger partial charge is 0.338 e. The fourth-order valence-corrected chi connectivity index (χ4v) is 7.40. The van der Waals surface area contributed by atoms with Crippen molar-refractivity contribution < 1.29 is 60.5 Å². The molecule has 0 aliphatic rings. The second kappa shape index (κ2) is 23.0. The lowest BCUT2D eigenvalue weighted by atomic mass is 10.0. The maximum Gasteiger partial charge on any atom is 0.338 e. The summed E-state index contributed by atoms with van der Waals surface area (Å²) in [6.07, 6.45) is 7.08. The molecule has 5 aromatic heterocycles. The number of aromatic amines is 3. The quantitative estimate of drug-likeness (QED) is 0.0655. The Hall–Kier alpha value is -8.46. The normalized spacial score (nSPS) is 11.1. The highest BCUT2D eigenvalue weighted by atomic mass is 35.5. The van der Waals surface area contributed by atoms with Gasteiger partial charge in [0, 0.05) is 67.1 Å². The van der Waals surface area contributed by atoms with Crippen LogP contribution in [0.15, 0.2) is 110 Å². The molecule has 0 saturated heterocycles. The Morgan fingerprint density at radius 2 is 1.28 bits per heavy atom. The maximum absolute atomic E-state index is 14.8. The van der Waals surface area contributed by atoms with Crippen LogP contribution < -0.4 is 32.1 Å². The van der Waals surface area contributed by atoms with Crippen LogP contribution in [-0.4, -0.2) is 133 Å². The highest BCUT2D eigenvalue weighted by Gasteiger charge is 2.20. The number of benzene rings is 4. The number of hydrogen-bond donors (Lipinski definition) is 8. The van der Waals surface area contributed by atoms with Crippen LogP contribution in [0.2, 0.25) is 0 Å². The molecule has 1 amide bonds. The average molecular weight is 1000 g/mol. The van der Waals surface area contributed by atoms with E-state index in [0.717, 1.165) is 53.2 Å². The van der Waals surface area contributed by atoms with Gasteiger partial charge in [-0.25, -0.2) is 38.5 Å². The Kier molecular flexibility index (Phi) is 16.4. The highest BCUT2D eigenvalue weighted by Crippen LogP contribution is 2.38. The van der Waals surface area contributed by atoms with Gasteiger partial charge in [0.1, 0.15) is 54.5 Å². The zero-order chi connectivity index (χ0) is 50.2. The number of H-pyrrole nitrogens is 3. The number of carbonyl (C=O) groups excluding carboxylic acids is 1. The van der Waals surface area contributed by atoms with Crippen molar-refractivity contribution in [2.75, 3.05) is 61.0 Å². The number of phenols is 2. The number of hydrogen-bond acceptors (Lipinski definition) is 12. The van der Waals surface area contributed by atoms with E-state index in [2.05, 4.69) is 45.2 Å². The molecule has 4 aromatic carbocycles. The first-order valence-corrected chi connectivity index (χ1v) is 22.4. The molecule has 0 unspecified atom stereocenters. The number of quaternary nitrogens is 1. The number of aromatic carboxylic acids is 1. The third-order valence-electron chi connectivity index (χ3n) is 11.1. The first-order valence-electron chi connectivity index (χ1n) is 22.4. The van der Waals surface area contributed by atoms with E-state index in [0.29, 0.717) is 71.4 Å². The summed E-state index contributed by atoms with van der Waals surface area (Å²) < 4.78 is 40.6. The van der Waals surface area contributed by atoms with Crippen molar-refractivity contribution in [3.8, 4) is 68.3 Å². The summed E-state index contributed by atoms with van der Waals surface area (Å²) in [5.41, 5.74) is 5.49. The lowest BCUT2D eigenvalue weighted by Gasteiger charge is -2.13. The largest absolute Gasteiger partial charge is 1.00 e. The number of rotatable bonds is 17. The number of aromatic nitrogens is 8. The number of halogens is 3. The number of likely N-dealkylation sites (N-methyl/N-ethyl adjacent to an activating group) is 2. The lowest BCUT2D eigenvalue weighted by Crippen LogP contribution is -3.06. The van der Waals surface area contributed by atoms with Crippen molar-refractivity contribution in [3.05, 3.63) is 138 Å². The summed E-state index contributed by atoms with van der Waals surface area (Å²) in [5, 5.41) is 33.0. The highest BCUT2D eigenvalue weighted by molar-refractivity contribution is 5.98. The summed E-state index contributed by atoms with van der Waals surface area (Å²) in [6.45, 7) is 2.83. The van der Waals surface area contributed by atoms with E-state index < -0.39 is 29.1 Å². The Labute approximate surface area is 417 Å². The minimum absolute atomic E-state index is 0. The van der Waals surface area contributed by atoms with Crippen LogP contribution in [0.3, 0.4) is 0 Å². The zero-order valence-electron chi connectivity index (χ0n) is 39.4. The van der Waals surface area contributed by atoms with Gasteiger partial charge in [0.05, 0.1) is 64.7 Å². The molecule has 0 aliphatic carbocycles. The Bertz CT molecular complexity index is 3350. The van der Waals surface area contributed by atoms with E-state index >= 15 is 0 Å². The van der Waals surface area contributed by atoms with Gasteiger partial charge in [0.15, 0.2) is 0 Å². The summed E-state index contributed by atoms with van der Waals surface area (Å²) in [4.78, 5) is 57.6. The molecule has 18 nitrogen and oxygen atoms in total. The van der Waals surface area contributed by atoms with Crippen molar-refractivity contribution >= 4 is 33.9 Å². The fraction of sp³-hybridized carbons (Fsp3) is 0.196. The van der Waals surface area contributed by atoms with Gasteiger partial charge < -0.3 is 67.3 Å². The molecule has 0 aliphatic heterocycles. The van der Waals surface area contributed by atoms with Crippen molar-refractivity contribution in [3.63, 3.8) is 0 Å². The Morgan fingerprint density at radius 1 is 0.736 bits per heavy atom. The van der Waals surface area contributed by atoms with Gasteiger partial charge in [-0.05, 0) is 85.9 Å². The summed E-state index contributed by atoms with van der Waals surface area (Å²) in [6, 6.07) is 22.3. The van der Waals surface area contributed by atoms with E-state index in [1.165, 1.54) is 23.1 Å². The number of ether oxygens (including phenoxy) is 2. The van der Waals surface area contributed by atoms with E-state index in [1.807, 2.05) is 51.3 Å². The number of amides is 1. The molecular formula is C51H50ClF2N11O7. The van der Waals surface area contributed by atoms with Gasteiger partial charge in [0.25, 0.3) is 5.91 Å². The van der Waals surface area contributed by atoms with Gasteiger partial charge in [-0.1, -0.05) is 12.1 Å². The predicted molar refractivity (Wildman–Crippen MR) is 262 cm³/mol. The number of carbonyl (C=O) groups is 2. The average Bonchev–Trinajstić information content (AvgIpc) is 4.12. The maximum atomic E-state index is 14.8. The minimum Gasteiger partial charge on any atom is -1.00 e. The molecule has 5 heterocycles. The SMILES string of the molecule is CN(C)CCOc1ncccc1-c1ccc(O)c(-c2nc3cc(C(=O)NCCc4cnc[nH]4)c(F)cc3[nH]2)c1.C[NH+](C)CCOc1ncccc1-c1ccc(O)c(-c2nc3cc(C(=O)O)c(F)cc3[nH]2)c1.[Cl-]. The molecule has 0 atom stereocenters. The molecule has 0 bridgehead atoms. The molecule has 8 N–H and O–H groups in total. The van der Waals surface area contributed by atoms with Gasteiger partial charge in [-0.2, -0.15) is 0 Å². The van der Waals surface area contributed by atoms with Crippen LogP contribution in [0.25, 0.3) is 67.1 Å². The number of nitrogens with zero attached hydrogens (tertiary/aromatic N) is 6. The molecule has 21 heteroatoms. The molecule has 0 spiro atoms. The number of imidazole rings is 3. The number of aromatic hydroxyl groups is 2.